The van der Waals surface area contributed by atoms with Crippen molar-refractivity contribution in [2.75, 3.05) is 12.4 Å². The Kier molecular flexibility index (Phi) is 5.06. The summed E-state index contributed by atoms with van der Waals surface area (Å²) < 4.78 is 5.08. The maximum atomic E-state index is 11.9. The molecule has 0 aliphatic heterocycles. The van der Waals surface area contributed by atoms with Crippen LogP contribution in [0, 0.1) is 0 Å². The van der Waals surface area contributed by atoms with Gasteiger partial charge in [0.05, 0.1) is 13.5 Å². The van der Waals surface area contributed by atoms with Gasteiger partial charge in [0, 0.05) is 6.42 Å². The van der Waals surface area contributed by atoms with E-state index in [2.05, 4.69) is 22.4 Å². The van der Waals surface area contributed by atoms with Gasteiger partial charge in [-0.15, -0.1) is 10.2 Å². The second kappa shape index (κ2) is 7.00. The highest BCUT2D eigenvalue weighted by molar-refractivity contribution is 7.15. The maximum absolute atomic E-state index is 11.9. The summed E-state index contributed by atoms with van der Waals surface area (Å²) in [4.78, 5) is 11.9. The lowest BCUT2D eigenvalue weighted by Gasteiger charge is -2.03. The number of hydrogen-bond acceptors (Lipinski definition) is 5. The van der Waals surface area contributed by atoms with E-state index in [1.165, 1.54) is 11.3 Å². The number of carbonyl (C=O) groups is 1. The van der Waals surface area contributed by atoms with Crippen LogP contribution in [0.5, 0.6) is 5.75 Å². The lowest BCUT2D eigenvalue weighted by molar-refractivity contribution is -0.115. The molecule has 0 fully saturated rings. The number of nitrogens with zero attached hydrogens (tertiary/aromatic N) is 2. The fraction of sp³-hybridized carbons (Fsp3) is 0.357. The van der Waals surface area contributed by atoms with Gasteiger partial charge in [0.15, 0.2) is 0 Å². The Labute approximate surface area is 122 Å². The molecule has 2 aromatic rings. The van der Waals surface area contributed by atoms with Gasteiger partial charge >= 0.3 is 0 Å². The van der Waals surface area contributed by atoms with Gasteiger partial charge in [0.1, 0.15) is 10.8 Å². The van der Waals surface area contributed by atoms with E-state index in [0.717, 1.165) is 29.2 Å². The fourth-order valence-electron chi connectivity index (χ4n) is 1.71. The topological polar surface area (TPSA) is 64.1 Å². The Morgan fingerprint density at radius 1 is 1.30 bits per heavy atom. The molecule has 106 valence electrons. The Morgan fingerprint density at radius 2 is 2.05 bits per heavy atom. The molecule has 0 atom stereocenters. The number of rotatable bonds is 6. The van der Waals surface area contributed by atoms with E-state index in [0.29, 0.717) is 11.6 Å². The first-order chi connectivity index (χ1) is 9.71. The molecule has 1 heterocycles. The van der Waals surface area contributed by atoms with Crippen LogP contribution in [0.15, 0.2) is 24.3 Å². The molecule has 5 nitrogen and oxygen atoms in total. The lowest BCUT2D eigenvalue weighted by Crippen LogP contribution is -2.14. The summed E-state index contributed by atoms with van der Waals surface area (Å²) in [6.07, 6.45) is 2.23. The van der Waals surface area contributed by atoms with Gasteiger partial charge in [-0.2, -0.15) is 0 Å². The van der Waals surface area contributed by atoms with Crippen molar-refractivity contribution in [3.8, 4) is 5.75 Å². The molecule has 0 aliphatic carbocycles. The highest BCUT2D eigenvalue weighted by Gasteiger charge is 2.08. The number of ether oxygens (including phenoxy) is 1. The summed E-state index contributed by atoms with van der Waals surface area (Å²) in [6, 6.07) is 7.43. The van der Waals surface area contributed by atoms with Crippen molar-refractivity contribution < 1.29 is 9.53 Å². The van der Waals surface area contributed by atoms with Crippen LogP contribution in [0.2, 0.25) is 0 Å². The molecule has 1 N–H and O–H groups in total. The average Bonchev–Trinajstić information content (AvgIpc) is 2.87. The minimum absolute atomic E-state index is 0.0886. The molecule has 1 amide bonds. The van der Waals surface area contributed by atoms with Gasteiger partial charge in [-0.3, -0.25) is 4.79 Å². The van der Waals surface area contributed by atoms with E-state index in [-0.39, 0.29) is 5.91 Å². The van der Waals surface area contributed by atoms with Crippen LogP contribution in [0.25, 0.3) is 0 Å². The molecule has 1 aromatic heterocycles. The number of hydrogen-bond donors (Lipinski definition) is 1. The number of methoxy groups -OCH3 is 1. The predicted molar refractivity (Wildman–Crippen MR) is 79.2 cm³/mol. The molecule has 2 rings (SSSR count). The summed E-state index contributed by atoms with van der Waals surface area (Å²) in [5.74, 6) is 0.692. The summed E-state index contributed by atoms with van der Waals surface area (Å²) in [7, 11) is 1.62. The highest BCUT2D eigenvalue weighted by Crippen LogP contribution is 2.17. The Balaban J connectivity index is 1.90. The summed E-state index contributed by atoms with van der Waals surface area (Å²) in [5.41, 5.74) is 0.932. The second-order valence-electron chi connectivity index (χ2n) is 4.32. The molecule has 0 bridgehead atoms. The number of anilines is 1. The van der Waals surface area contributed by atoms with Crippen LogP contribution in [0.4, 0.5) is 5.13 Å². The summed E-state index contributed by atoms with van der Waals surface area (Å²) in [6.45, 7) is 2.09. The summed E-state index contributed by atoms with van der Waals surface area (Å²) >= 11 is 1.43. The van der Waals surface area contributed by atoms with Crippen LogP contribution < -0.4 is 10.1 Å². The first kappa shape index (κ1) is 14.5. The zero-order valence-electron chi connectivity index (χ0n) is 11.5. The quantitative estimate of drug-likeness (QED) is 0.888. The van der Waals surface area contributed by atoms with Crippen LogP contribution >= 0.6 is 11.3 Å². The highest BCUT2D eigenvalue weighted by atomic mass is 32.1. The largest absolute Gasteiger partial charge is 0.497 e. The van der Waals surface area contributed by atoms with Crippen LogP contribution in [0.1, 0.15) is 23.9 Å². The van der Waals surface area contributed by atoms with Crippen molar-refractivity contribution in [1.29, 1.82) is 0 Å². The Hall–Kier alpha value is -1.95. The number of nitrogens with one attached hydrogen (secondary N) is 1. The van der Waals surface area contributed by atoms with Gasteiger partial charge in [-0.1, -0.05) is 30.4 Å². The molecule has 0 saturated heterocycles. The number of amides is 1. The van der Waals surface area contributed by atoms with Crippen LogP contribution in [-0.2, 0) is 17.6 Å². The smallest absolute Gasteiger partial charge is 0.230 e. The van der Waals surface area contributed by atoms with Crippen molar-refractivity contribution in [1.82, 2.24) is 10.2 Å². The molecular formula is C14H17N3O2S. The van der Waals surface area contributed by atoms with Crippen molar-refractivity contribution in [2.45, 2.75) is 26.2 Å². The van der Waals surface area contributed by atoms with E-state index in [1.54, 1.807) is 7.11 Å². The molecule has 0 spiro atoms. The maximum Gasteiger partial charge on any atom is 0.230 e. The normalized spacial score (nSPS) is 10.3. The third-order valence-electron chi connectivity index (χ3n) is 2.70. The molecule has 1 aromatic carbocycles. The standard InChI is InChI=1S/C14H17N3O2S/c1-3-4-13-16-17-14(20-13)15-12(18)9-10-5-7-11(19-2)8-6-10/h5-8H,3-4,9H2,1-2H3,(H,15,17,18). The molecule has 6 heteroatoms. The molecule has 0 aliphatic rings. The zero-order valence-corrected chi connectivity index (χ0v) is 12.4. The predicted octanol–water partition coefficient (Wildman–Crippen LogP) is 2.68. The van der Waals surface area contributed by atoms with Gasteiger partial charge < -0.3 is 10.1 Å². The SMILES string of the molecule is CCCc1nnc(NC(=O)Cc2ccc(OC)cc2)s1. The Bertz CT molecular complexity index is 566. The first-order valence-corrected chi connectivity index (χ1v) is 7.28. The van der Waals surface area contributed by atoms with Crippen molar-refractivity contribution in [2.24, 2.45) is 0 Å². The zero-order chi connectivity index (χ0) is 14.4. The van der Waals surface area contributed by atoms with Crippen LogP contribution in [-0.4, -0.2) is 23.2 Å². The van der Waals surface area contributed by atoms with E-state index < -0.39 is 0 Å². The molecule has 20 heavy (non-hydrogen) atoms. The van der Waals surface area contributed by atoms with Crippen molar-refractivity contribution in [3.05, 3.63) is 34.8 Å². The number of carbonyl (C=O) groups excluding carboxylic acids is 1. The summed E-state index contributed by atoms with van der Waals surface area (Å²) in [5, 5.41) is 12.3. The number of aromatic nitrogens is 2. The Morgan fingerprint density at radius 3 is 2.70 bits per heavy atom. The monoisotopic (exact) mass is 291 g/mol. The van der Waals surface area contributed by atoms with E-state index in [9.17, 15) is 4.79 Å². The molecule has 0 radical (unpaired) electrons. The van der Waals surface area contributed by atoms with E-state index in [1.807, 2.05) is 24.3 Å². The van der Waals surface area contributed by atoms with E-state index in [4.69, 9.17) is 4.74 Å². The third kappa shape index (κ3) is 4.03. The molecule has 0 unspecified atom stereocenters. The second-order valence-corrected chi connectivity index (χ2v) is 5.39. The lowest BCUT2D eigenvalue weighted by atomic mass is 10.1. The average molecular weight is 291 g/mol. The van der Waals surface area contributed by atoms with Crippen LogP contribution in [0.3, 0.4) is 0 Å². The first-order valence-electron chi connectivity index (χ1n) is 6.46. The number of aryl methyl sites for hydroxylation is 1. The molecular weight excluding hydrogens is 274 g/mol. The van der Waals surface area contributed by atoms with Crippen molar-refractivity contribution >= 4 is 22.4 Å². The van der Waals surface area contributed by atoms with Gasteiger partial charge in [0.2, 0.25) is 11.0 Å². The van der Waals surface area contributed by atoms with Gasteiger partial charge in [0.25, 0.3) is 0 Å². The third-order valence-corrected chi connectivity index (χ3v) is 3.60. The van der Waals surface area contributed by atoms with Gasteiger partial charge in [-0.25, -0.2) is 0 Å². The minimum atomic E-state index is -0.0886. The van der Waals surface area contributed by atoms with Crippen molar-refractivity contribution in [3.63, 3.8) is 0 Å². The van der Waals surface area contributed by atoms with E-state index >= 15 is 0 Å². The fourth-order valence-corrected chi connectivity index (χ4v) is 2.57. The minimum Gasteiger partial charge on any atom is -0.497 e. The number of benzene rings is 1. The van der Waals surface area contributed by atoms with Gasteiger partial charge in [-0.05, 0) is 24.1 Å². The molecule has 0 saturated carbocycles.